The first kappa shape index (κ1) is 71.9. The summed E-state index contributed by atoms with van der Waals surface area (Å²) in [5.41, 5.74) is 0. The highest BCUT2D eigenvalue weighted by Crippen LogP contribution is 2.26. The van der Waals surface area contributed by atoms with Gasteiger partial charge in [0.2, 0.25) is 5.91 Å². The van der Waals surface area contributed by atoms with Crippen molar-refractivity contribution >= 4 is 11.9 Å². The molecule has 0 aromatic rings. The molecular formula is C66H115NO10. The van der Waals surface area contributed by atoms with Crippen molar-refractivity contribution in [3.63, 3.8) is 0 Å². The summed E-state index contributed by atoms with van der Waals surface area (Å²) in [4.78, 5) is 26.5. The molecule has 1 heterocycles. The number of carbonyl (C=O) groups excluding carboxylic acids is 2. The molecule has 0 aliphatic carbocycles. The predicted molar refractivity (Wildman–Crippen MR) is 319 cm³/mol. The van der Waals surface area contributed by atoms with Gasteiger partial charge in [0.25, 0.3) is 0 Å². The fourth-order valence-electron chi connectivity index (χ4n) is 9.31. The Labute approximate surface area is 470 Å². The molecule has 6 N–H and O–H groups in total. The Bertz CT molecular complexity index is 1570. The molecule has 0 aromatic carbocycles. The summed E-state index contributed by atoms with van der Waals surface area (Å²) in [7, 11) is 0. The first-order chi connectivity index (χ1) is 37.7. The summed E-state index contributed by atoms with van der Waals surface area (Å²) in [6.45, 7) is 5.61. The van der Waals surface area contributed by atoms with Gasteiger partial charge in [-0.2, -0.15) is 0 Å². The van der Waals surface area contributed by atoms with Gasteiger partial charge in [0.1, 0.15) is 24.4 Å². The number of aliphatic hydroxyl groups excluding tert-OH is 5. The molecule has 1 rings (SSSR count). The topological polar surface area (TPSA) is 175 Å². The van der Waals surface area contributed by atoms with Gasteiger partial charge in [0.15, 0.2) is 12.4 Å². The zero-order valence-corrected chi connectivity index (χ0v) is 49.1. The Morgan fingerprint density at radius 2 is 0.948 bits per heavy atom. The molecule has 0 spiro atoms. The molecule has 77 heavy (non-hydrogen) atoms. The minimum absolute atomic E-state index is 0.115. The van der Waals surface area contributed by atoms with Crippen LogP contribution in [0, 0.1) is 0 Å². The van der Waals surface area contributed by atoms with Gasteiger partial charge >= 0.3 is 5.97 Å². The number of amides is 1. The van der Waals surface area contributed by atoms with Gasteiger partial charge in [-0.15, -0.1) is 0 Å². The number of unbranched alkanes of at least 4 members (excludes halogenated alkanes) is 26. The van der Waals surface area contributed by atoms with E-state index < -0.39 is 67.4 Å². The maximum absolute atomic E-state index is 13.3. The van der Waals surface area contributed by atoms with Crippen molar-refractivity contribution in [2.45, 2.75) is 307 Å². The fraction of sp³-hybridized carbons (Fsp3) is 0.758. The number of allylic oxidation sites excluding steroid dienone is 13. The Balaban J connectivity index is 2.55. The Morgan fingerprint density at radius 1 is 0.519 bits per heavy atom. The monoisotopic (exact) mass is 1080 g/mol. The second-order valence-corrected chi connectivity index (χ2v) is 21.4. The van der Waals surface area contributed by atoms with Crippen LogP contribution in [0.25, 0.3) is 0 Å². The number of ether oxygens (including phenoxy) is 3. The number of carbonyl (C=O) groups is 2. The quantitative estimate of drug-likeness (QED) is 0.0195. The van der Waals surface area contributed by atoms with E-state index in [9.17, 15) is 35.1 Å². The number of aliphatic hydroxyl groups is 5. The average Bonchev–Trinajstić information content (AvgIpc) is 3.43. The van der Waals surface area contributed by atoms with E-state index in [1.165, 1.54) is 103 Å². The van der Waals surface area contributed by atoms with Gasteiger partial charge in [-0.05, 0) is 89.9 Å². The van der Waals surface area contributed by atoms with Crippen LogP contribution in [-0.4, -0.2) is 99.6 Å². The summed E-state index contributed by atoms with van der Waals surface area (Å²) in [6, 6.07) is -1.03. The number of esters is 1. The molecule has 444 valence electrons. The van der Waals surface area contributed by atoms with E-state index >= 15 is 0 Å². The van der Waals surface area contributed by atoms with Gasteiger partial charge < -0.3 is 45.1 Å². The molecule has 1 saturated heterocycles. The predicted octanol–water partition coefficient (Wildman–Crippen LogP) is 14.9. The van der Waals surface area contributed by atoms with Crippen molar-refractivity contribution in [3.8, 4) is 0 Å². The van der Waals surface area contributed by atoms with Gasteiger partial charge in [0, 0.05) is 6.42 Å². The zero-order chi connectivity index (χ0) is 56.1. The van der Waals surface area contributed by atoms with Crippen LogP contribution >= 0.6 is 0 Å². The minimum atomic E-state index is -1.62. The van der Waals surface area contributed by atoms with Crippen molar-refractivity contribution in [1.29, 1.82) is 0 Å². The van der Waals surface area contributed by atoms with E-state index in [1.807, 2.05) is 6.08 Å². The largest absolute Gasteiger partial charge is 0.454 e. The molecule has 11 heteroatoms. The van der Waals surface area contributed by atoms with Crippen molar-refractivity contribution in [2.75, 3.05) is 13.2 Å². The smallest absolute Gasteiger partial charge is 0.306 e. The lowest BCUT2D eigenvalue weighted by Crippen LogP contribution is -2.61. The van der Waals surface area contributed by atoms with Gasteiger partial charge in [-0.1, -0.05) is 247 Å². The number of nitrogens with one attached hydrogen (secondary N) is 1. The maximum Gasteiger partial charge on any atom is 0.306 e. The van der Waals surface area contributed by atoms with Gasteiger partial charge in [-0.3, -0.25) is 9.59 Å². The Hall–Kier alpha value is -3.16. The highest BCUT2D eigenvalue weighted by molar-refractivity contribution is 5.80. The van der Waals surface area contributed by atoms with Crippen LogP contribution in [-0.2, 0) is 23.8 Å². The highest BCUT2D eigenvalue weighted by Gasteiger charge is 2.47. The third-order valence-electron chi connectivity index (χ3n) is 14.3. The minimum Gasteiger partial charge on any atom is -0.454 e. The molecule has 0 aromatic heterocycles. The molecule has 8 unspecified atom stereocenters. The van der Waals surface area contributed by atoms with Crippen LogP contribution in [0.1, 0.15) is 258 Å². The molecule has 1 aliphatic heterocycles. The summed E-state index contributed by atoms with van der Waals surface area (Å²) in [5.74, 6) is -1.21. The van der Waals surface area contributed by atoms with Crippen LogP contribution < -0.4 is 5.32 Å². The average molecular weight is 1080 g/mol. The second-order valence-electron chi connectivity index (χ2n) is 21.4. The van der Waals surface area contributed by atoms with Crippen molar-refractivity contribution in [3.05, 3.63) is 85.1 Å². The van der Waals surface area contributed by atoms with Crippen LogP contribution in [0.4, 0.5) is 0 Å². The van der Waals surface area contributed by atoms with Crippen LogP contribution in [0.15, 0.2) is 85.1 Å². The summed E-state index contributed by atoms with van der Waals surface area (Å²) < 4.78 is 17.6. The molecule has 0 saturated carbocycles. The molecule has 0 radical (unpaired) electrons. The van der Waals surface area contributed by atoms with Crippen molar-refractivity contribution in [2.24, 2.45) is 0 Å². The molecule has 8 atom stereocenters. The van der Waals surface area contributed by atoms with Crippen LogP contribution in [0.2, 0.25) is 0 Å². The lowest BCUT2D eigenvalue weighted by molar-refractivity contribution is -0.305. The fourth-order valence-corrected chi connectivity index (χ4v) is 9.31. The standard InChI is InChI=1S/C66H115NO10/c1-4-7-10-13-16-19-22-23-24-25-26-27-28-29-30-31-32-33-34-35-36-37-39-42-45-48-51-54-61(71)77-64-63(73)62(72)60(55-68)76-66(64)75-56-57(58(69)52-49-46-43-41-38-20-17-14-11-8-5-2)67-65(74)59(70)53-50-47-44-40-21-18-15-12-9-6-3/h7,10,15-16,18-19,23-24,26-27,29-30,49,52,57-60,62-64,66,68-70,72-73H,4-6,8-9,11-14,17,20-22,25,28,31-48,50-51,53-56H2,1-3H3,(H,67,74)/b10-7-,18-15-,19-16-,24-23-,27-26-,30-29-,52-49+. The second kappa shape index (κ2) is 53.5. The Kier molecular flexibility index (Phi) is 49.9. The normalized spacial score (nSPS) is 19.6. The molecular weight excluding hydrogens is 967 g/mol. The first-order valence-corrected chi connectivity index (χ1v) is 31.4. The summed E-state index contributed by atoms with van der Waals surface area (Å²) in [5, 5.41) is 56.8. The lowest BCUT2D eigenvalue weighted by atomic mass is 9.99. The van der Waals surface area contributed by atoms with E-state index in [0.29, 0.717) is 12.8 Å². The van der Waals surface area contributed by atoms with Gasteiger partial charge in [-0.25, -0.2) is 0 Å². The highest BCUT2D eigenvalue weighted by atomic mass is 16.7. The van der Waals surface area contributed by atoms with E-state index in [-0.39, 0.29) is 19.4 Å². The molecule has 0 bridgehead atoms. The SMILES string of the molecule is CC/C=C\C/C=C\C/C=C\C/C=C\C/C=C\CCCCCCCCCCCCCC(=O)OC1C(OCC(NC(=O)C(O)CCCCCC/C=C\CCCC)C(O)/C=C/CCCCCCCCCCC)OC(CO)C(O)C1O. The van der Waals surface area contributed by atoms with Crippen molar-refractivity contribution in [1.82, 2.24) is 5.32 Å². The number of hydrogen-bond donors (Lipinski definition) is 6. The lowest BCUT2D eigenvalue weighted by Gasteiger charge is -2.41. The van der Waals surface area contributed by atoms with Gasteiger partial charge in [0.05, 0.1) is 25.4 Å². The maximum atomic E-state index is 13.3. The first-order valence-electron chi connectivity index (χ1n) is 31.4. The molecule has 1 fully saturated rings. The number of rotatable bonds is 52. The summed E-state index contributed by atoms with van der Waals surface area (Å²) >= 11 is 0. The van der Waals surface area contributed by atoms with Crippen molar-refractivity contribution < 1.29 is 49.3 Å². The van der Waals surface area contributed by atoms with E-state index in [2.05, 4.69) is 99.0 Å². The molecule has 1 aliphatic rings. The van der Waals surface area contributed by atoms with E-state index in [1.54, 1.807) is 6.08 Å². The number of hydrogen-bond acceptors (Lipinski definition) is 10. The summed E-state index contributed by atoms with van der Waals surface area (Å²) in [6.07, 6.45) is 59.3. The van der Waals surface area contributed by atoms with E-state index in [0.717, 1.165) is 109 Å². The molecule has 11 nitrogen and oxygen atoms in total. The third-order valence-corrected chi connectivity index (χ3v) is 14.3. The third kappa shape index (κ3) is 41.5. The van der Waals surface area contributed by atoms with Crippen LogP contribution in [0.5, 0.6) is 0 Å². The van der Waals surface area contributed by atoms with E-state index in [4.69, 9.17) is 14.2 Å². The zero-order valence-electron chi connectivity index (χ0n) is 49.1. The Morgan fingerprint density at radius 3 is 1.45 bits per heavy atom. The molecule has 1 amide bonds. The van der Waals surface area contributed by atoms with Crippen LogP contribution in [0.3, 0.4) is 0 Å².